The molecule has 0 radical (unpaired) electrons. The summed E-state index contributed by atoms with van der Waals surface area (Å²) in [6.45, 7) is 0.639. The molecule has 1 atom stereocenters. The lowest BCUT2D eigenvalue weighted by Crippen LogP contribution is -2.41. The van der Waals surface area contributed by atoms with Crippen LogP contribution in [0.5, 0.6) is 0 Å². The first kappa shape index (κ1) is 15.9. The van der Waals surface area contributed by atoms with Crippen LogP contribution in [0.1, 0.15) is 18.7 Å². The second-order valence-electron chi connectivity index (χ2n) is 4.13. The monoisotopic (exact) mass is 285 g/mol. The van der Waals surface area contributed by atoms with Crippen molar-refractivity contribution in [3.8, 4) is 0 Å². The van der Waals surface area contributed by atoms with Crippen LogP contribution in [-0.4, -0.2) is 58.6 Å². The van der Waals surface area contributed by atoms with E-state index in [4.69, 9.17) is 9.84 Å². The normalized spacial score (nSPS) is 11.8. The largest absolute Gasteiger partial charge is 0.481 e. The molecule has 0 bridgehead atoms. The van der Waals surface area contributed by atoms with Crippen molar-refractivity contribution in [1.82, 2.24) is 25.8 Å². The molecule has 0 spiro atoms. The highest BCUT2D eigenvalue weighted by atomic mass is 16.5. The van der Waals surface area contributed by atoms with Crippen LogP contribution in [0.15, 0.2) is 6.33 Å². The van der Waals surface area contributed by atoms with Crippen molar-refractivity contribution in [3.63, 3.8) is 0 Å². The van der Waals surface area contributed by atoms with Gasteiger partial charge in [0.1, 0.15) is 12.2 Å². The number of rotatable bonds is 9. The second kappa shape index (κ2) is 8.86. The van der Waals surface area contributed by atoms with Gasteiger partial charge in [-0.2, -0.15) is 5.10 Å². The van der Waals surface area contributed by atoms with Gasteiger partial charge in [0, 0.05) is 26.6 Å². The predicted molar refractivity (Wildman–Crippen MR) is 69.2 cm³/mol. The summed E-state index contributed by atoms with van der Waals surface area (Å²) in [5.74, 6) is -0.195. The number of ether oxygens (including phenoxy) is 1. The van der Waals surface area contributed by atoms with Crippen molar-refractivity contribution in [2.24, 2.45) is 0 Å². The quantitative estimate of drug-likeness (QED) is 0.454. The number of hydrogen-bond acceptors (Lipinski definition) is 5. The van der Waals surface area contributed by atoms with E-state index in [1.54, 1.807) is 0 Å². The van der Waals surface area contributed by atoms with Crippen LogP contribution >= 0.6 is 0 Å². The fourth-order valence-corrected chi connectivity index (χ4v) is 1.51. The average Bonchev–Trinajstić information content (AvgIpc) is 2.92. The average molecular weight is 285 g/mol. The Kier molecular flexibility index (Phi) is 7.04. The van der Waals surface area contributed by atoms with Gasteiger partial charge >= 0.3 is 12.0 Å². The molecule has 9 heteroatoms. The standard InChI is InChI=1S/C11H19N5O4/c1-20-8(5-10(17)18)6-13-11(19)12-4-2-3-9-14-7-15-16-9/h7-8H,2-6H2,1H3,(H,17,18)(H2,12,13,19)(H,14,15,16). The van der Waals surface area contributed by atoms with Crippen LogP contribution in [0.4, 0.5) is 4.79 Å². The number of carboxylic acid groups (broad SMARTS) is 1. The predicted octanol–water partition coefficient (Wildman–Crippen LogP) is -0.474. The zero-order valence-electron chi connectivity index (χ0n) is 11.3. The highest BCUT2D eigenvalue weighted by molar-refractivity contribution is 5.74. The van der Waals surface area contributed by atoms with Crippen LogP contribution < -0.4 is 10.6 Å². The van der Waals surface area contributed by atoms with Gasteiger partial charge in [-0.15, -0.1) is 0 Å². The van der Waals surface area contributed by atoms with Gasteiger partial charge in [0.25, 0.3) is 0 Å². The molecule has 0 saturated heterocycles. The van der Waals surface area contributed by atoms with Gasteiger partial charge in [0.15, 0.2) is 0 Å². The summed E-state index contributed by atoms with van der Waals surface area (Å²) in [4.78, 5) is 25.9. The second-order valence-corrected chi connectivity index (χ2v) is 4.13. The minimum atomic E-state index is -0.967. The number of aromatic amines is 1. The van der Waals surface area contributed by atoms with E-state index in [-0.39, 0.29) is 19.0 Å². The molecular formula is C11H19N5O4. The lowest BCUT2D eigenvalue weighted by molar-refractivity contribution is -0.139. The van der Waals surface area contributed by atoms with Crippen molar-refractivity contribution < 1.29 is 19.4 Å². The van der Waals surface area contributed by atoms with Crippen molar-refractivity contribution in [1.29, 1.82) is 0 Å². The van der Waals surface area contributed by atoms with E-state index in [1.165, 1.54) is 13.4 Å². The number of amides is 2. The van der Waals surface area contributed by atoms with Gasteiger partial charge in [0.2, 0.25) is 0 Å². The lowest BCUT2D eigenvalue weighted by Gasteiger charge is -2.14. The first-order valence-electron chi connectivity index (χ1n) is 6.22. The Morgan fingerprint density at radius 3 is 2.90 bits per heavy atom. The van der Waals surface area contributed by atoms with E-state index in [9.17, 15) is 9.59 Å². The number of aryl methyl sites for hydroxylation is 1. The molecule has 2 amide bonds. The number of hydrogen-bond donors (Lipinski definition) is 4. The maximum absolute atomic E-state index is 11.4. The number of nitrogens with zero attached hydrogens (tertiary/aromatic N) is 2. The van der Waals surface area contributed by atoms with Crippen molar-refractivity contribution in [2.75, 3.05) is 20.2 Å². The smallest absolute Gasteiger partial charge is 0.314 e. The van der Waals surface area contributed by atoms with E-state index in [1.807, 2.05) is 0 Å². The molecule has 1 unspecified atom stereocenters. The SMILES string of the molecule is COC(CNC(=O)NCCCc1ncn[nH]1)CC(=O)O. The summed E-state index contributed by atoms with van der Waals surface area (Å²) >= 11 is 0. The molecule has 0 aliphatic rings. The van der Waals surface area contributed by atoms with E-state index in [0.29, 0.717) is 13.0 Å². The minimum absolute atomic E-state index is 0.150. The Hall–Kier alpha value is -2.16. The molecule has 1 aromatic heterocycles. The molecule has 112 valence electrons. The summed E-state index contributed by atoms with van der Waals surface area (Å²) in [5.41, 5.74) is 0. The van der Waals surface area contributed by atoms with Crippen molar-refractivity contribution >= 4 is 12.0 Å². The molecule has 0 saturated carbocycles. The van der Waals surface area contributed by atoms with Gasteiger partial charge in [-0.25, -0.2) is 9.78 Å². The third-order valence-electron chi connectivity index (χ3n) is 2.57. The summed E-state index contributed by atoms with van der Waals surface area (Å²) in [6, 6.07) is -0.352. The molecule has 9 nitrogen and oxygen atoms in total. The summed E-state index contributed by atoms with van der Waals surface area (Å²) in [6.07, 6.45) is 2.17. The maximum Gasteiger partial charge on any atom is 0.314 e. The number of carboxylic acids is 1. The topological polar surface area (TPSA) is 129 Å². The zero-order chi connectivity index (χ0) is 14.8. The molecule has 1 rings (SSSR count). The summed E-state index contributed by atoms with van der Waals surface area (Å²) < 4.78 is 4.94. The Morgan fingerprint density at radius 2 is 2.30 bits per heavy atom. The molecule has 0 aromatic carbocycles. The highest BCUT2D eigenvalue weighted by Gasteiger charge is 2.13. The Morgan fingerprint density at radius 1 is 1.50 bits per heavy atom. The first-order chi connectivity index (χ1) is 9.61. The van der Waals surface area contributed by atoms with E-state index >= 15 is 0 Å². The number of aromatic nitrogens is 3. The van der Waals surface area contributed by atoms with Crippen LogP contribution in [0.25, 0.3) is 0 Å². The third-order valence-corrected chi connectivity index (χ3v) is 2.57. The Labute approximate surface area is 116 Å². The molecule has 1 aromatic rings. The number of aliphatic carboxylic acids is 1. The van der Waals surface area contributed by atoms with Crippen molar-refractivity contribution in [3.05, 3.63) is 12.2 Å². The number of H-pyrrole nitrogens is 1. The third kappa shape index (κ3) is 6.69. The molecule has 0 aliphatic heterocycles. The van der Waals surface area contributed by atoms with Crippen LogP contribution in [-0.2, 0) is 16.0 Å². The number of nitrogens with one attached hydrogen (secondary N) is 3. The van der Waals surface area contributed by atoms with Gasteiger partial charge < -0.3 is 20.5 Å². The lowest BCUT2D eigenvalue weighted by atomic mass is 10.2. The number of methoxy groups -OCH3 is 1. The molecule has 0 aliphatic carbocycles. The molecule has 4 N–H and O–H groups in total. The molecule has 20 heavy (non-hydrogen) atoms. The van der Waals surface area contributed by atoms with Crippen molar-refractivity contribution in [2.45, 2.75) is 25.4 Å². The first-order valence-corrected chi connectivity index (χ1v) is 6.22. The maximum atomic E-state index is 11.4. The zero-order valence-corrected chi connectivity index (χ0v) is 11.3. The Bertz CT molecular complexity index is 409. The molecule has 1 heterocycles. The summed E-state index contributed by atoms with van der Waals surface area (Å²) in [7, 11) is 1.41. The molecular weight excluding hydrogens is 266 g/mol. The minimum Gasteiger partial charge on any atom is -0.481 e. The van der Waals surface area contributed by atoms with Gasteiger partial charge in [0.05, 0.1) is 12.5 Å². The number of carbonyl (C=O) groups excluding carboxylic acids is 1. The summed E-state index contributed by atoms with van der Waals surface area (Å²) in [5, 5.41) is 20.3. The van der Waals surface area contributed by atoms with Crippen LogP contribution in [0.3, 0.4) is 0 Å². The van der Waals surface area contributed by atoms with Crippen LogP contribution in [0, 0.1) is 0 Å². The fraction of sp³-hybridized carbons (Fsp3) is 0.636. The number of carbonyl (C=O) groups is 2. The van der Waals surface area contributed by atoms with Gasteiger partial charge in [-0.3, -0.25) is 9.89 Å². The molecule has 0 fully saturated rings. The fourth-order valence-electron chi connectivity index (χ4n) is 1.51. The number of urea groups is 1. The van der Waals surface area contributed by atoms with Gasteiger partial charge in [-0.05, 0) is 6.42 Å². The van der Waals surface area contributed by atoms with E-state index in [0.717, 1.165) is 12.2 Å². The van der Waals surface area contributed by atoms with E-state index in [2.05, 4.69) is 25.8 Å². The Balaban J connectivity index is 2.08. The van der Waals surface area contributed by atoms with Crippen LogP contribution in [0.2, 0.25) is 0 Å². The van der Waals surface area contributed by atoms with E-state index < -0.39 is 12.1 Å². The van der Waals surface area contributed by atoms with Gasteiger partial charge in [-0.1, -0.05) is 0 Å². The highest BCUT2D eigenvalue weighted by Crippen LogP contribution is 1.95.